The molecule has 14 heavy (non-hydrogen) atoms. The van der Waals surface area contributed by atoms with Gasteiger partial charge in [-0.05, 0) is 39.0 Å². The van der Waals surface area contributed by atoms with E-state index in [1.54, 1.807) is 0 Å². The van der Waals surface area contributed by atoms with E-state index in [2.05, 4.69) is 13.8 Å². The van der Waals surface area contributed by atoms with E-state index in [9.17, 15) is 5.11 Å². The minimum atomic E-state index is -0.440. The molecule has 2 heteroatoms. The highest BCUT2D eigenvalue weighted by Crippen LogP contribution is 2.40. The van der Waals surface area contributed by atoms with Crippen LogP contribution in [0.25, 0.3) is 0 Å². The molecule has 1 N–H and O–H groups in total. The fourth-order valence-electron chi connectivity index (χ4n) is 2.54. The van der Waals surface area contributed by atoms with Crippen LogP contribution in [0.2, 0.25) is 0 Å². The molecule has 82 valence electrons. The zero-order valence-corrected chi connectivity index (χ0v) is 9.38. The van der Waals surface area contributed by atoms with Crippen molar-refractivity contribution >= 4 is 0 Å². The van der Waals surface area contributed by atoms with Gasteiger partial charge in [0.25, 0.3) is 0 Å². The van der Waals surface area contributed by atoms with Crippen molar-refractivity contribution in [1.82, 2.24) is 0 Å². The first-order valence-electron chi connectivity index (χ1n) is 5.86. The average molecular weight is 198 g/mol. The molecule has 0 spiro atoms. The van der Waals surface area contributed by atoms with Crippen LogP contribution in [-0.2, 0) is 4.74 Å². The molecule has 1 heterocycles. The molecule has 0 aromatic rings. The smallest absolute Gasteiger partial charge is 0.0697 e. The quantitative estimate of drug-likeness (QED) is 0.755. The molecule has 2 rings (SSSR count). The Morgan fingerprint density at radius 1 is 1.36 bits per heavy atom. The van der Waals surface area contributed by atoms with Crippen molar-refractivity contribution in [2.24, 2.45) is 5.92 Å². The summed E-state index contributed by atoms with van der Waals surface area (Å²) in [5.41, 5.74) is -0.569. The highest BCUT2D eigenvalue weighted by molar-refractivity contribution is 4.91. The molecule has 0 radical (unpaired) electrons. The summed E-state index contributed by atoms with van der Waals surface area (Å²) in [6, 6.07) is 0. The summed E-state index contributed by atoms with van der Waals surface area (Å²) in [6.45, 7) is 4.87. The predicted octanol–water partition coefficient (Wildman–Crippen LogP) is 2.50. The minimum Gasteiger partial charge on any atom is -0.390 e. The molecule has 2 nitrogen and oxygen atoms in total. The second-order valence-electron chi connectivity index (χ2n) is 5.74. The molecule has 2 fully saturated rings. The third-order valence-electron chi connectivity index (χ3n) is 3.53. The summed E-state index contributed by atoms with van der Waals surface area (Å²) in [6.07, 6.45) is 6.58. The zero-order chi connectivity index (χ0) is 10.2. The Morgan fingerprint density at radius 3 is 2.64 bits per heavy atom. The highest BCUT2D eigenvalue weighted by atomic mass is 16.5. The van der Waals surface area contributed by atoms with Gasteiger partial charge in [-0.1, -0.05) is 12.8 Å². The van der Waals surface area contributed by atoms with Gasteiger partial charge in [-0.25, -0.2) is 0 Å². The van der Waals surface area contributed by atoms with E-state index in [4.69, 9.17) is 4.74 Å². The standard InChI is InChI=1S/C12H22O2/c1-11(2)9-12(13,7-8-14-11)6-5-10-3-4-10/h10,13H,3-9H2,1-2H3. The first-order chi connectivity index (χ1) is 6.49. The third kappa shape index (κ3) is 2.71. The van der Waals surface area contributed by atoms with Gasteiger partial charge in [0, 0.05) is 6.42 Å². The fourth-order valence-corrected chi connectivity index (χ4v) is 2.54. The lowest BCUT2D eigenvalue weighted by molar-refractivity contribution is -0.147. The first kappa shape index (κ1) is 10.4. The van der Waals surface area contributed by atoms with Crippen molar-refractivity contribution in [3.05, 3.63) is 0 Å². The lowest BCUT2D eigenvalue weighted by atomic mass is 9.81. The first-order valence-corrected chi connectivity index (χ1v) is 5.86. The van der Waals surface area contributed by atoms with Gasteiger partial charge in [0.2, 0.25) is 0 Å². The summed E-state index contributed by atoms with van der Waals surface area (Å²) in [7, 11) is 0. The minimum absolute atomic E-state index is 0.128. The summed E-state index contributed by atoms with van der Waals surface area (Å²) < 4.78 is 5.62. The Bertz CT molecular complexity index is 208. The maximum atomic E-state index is 10.4. The van der Waals surface area contributed by atoms with E-state index in [0.717, 1.165) is 25.2 Å². The fraction of sp³-hybridized carbons (Fsp3) is 1.00. The van der Waals surface area contributed by atoms with E-state index in [-0.39, 0.29) is 5.60 Å². The van der Waals surface area contributed by atoms with Crippen molar-refractivity contribution in [3.8, 4) is 0 Å². The maximum absolute atomic E-state index is 10.4. The second kappa shape index (κ2) is 3.49. The molecule has 1 saturated carbocycles. The van der Waals surface area contributed by atoms with Crippen LogP contribution < -0.4 is 0 Å². The van der Waals surface area contributed by atoms with Gasteiger partial charge in [0.15, 0.2) is 0 Å². The molecule has 0 aromatic carbocycles. The maximum Gasteiger partial charge on any atom is 0.0697 e. The highest BCUT2D eigenvalue weighted by Gasteiger charge is 2.39. The van der Waals surface area contributed by atoms with Gasteiger partial charge in [0.1, 0.15) is 0 Å². The Morgan fingerprint density at radius 2 is 2.07 bits per heavy atom. The molecule has 2 aliphatic rings. The van der Waals surface area contributed by atoms with E-state index >= 15 is 0 Å². The van der Waals surface area contributed by atoms with Gasteiger partial charge in [0.05, 0.1) is 17.8 Å². The van der Waals surface area contributed by atoms with E-state index in [0.29, 0.717) is 6.61 Å². The number of rotatable bonds is 3. The SMILES string of the molecule is CC1(C)CC(O)(CCC2CC2)CCO1. The normalized spacial score (nSPS) is 37.1. The number of hydrogen-bond acceptors (Lipinski definition) is 2. The number of hydrogen-bond donors (Lipinski definition) is 1. The van der Waals surface area contributed by atoms with Gasteiger partial charge in [-0.3, -0.25) is 0 Å². The Kier molecular flexibility index (Phi) is 2.61. The Balaban J connectivity index is 1.85. The van der Waals surface area contributed by atoms with Crippen LogP contribution >= 0.6 is 0 Å². The zero-order valence-electron chi connectivity index (χ0n) is 9.38. The largest absolute Gasteiger partial charge is 0.390 e. The lowest BCUT2D eigenvalue weighted by Crippen LogP contribution is -2.45. The van der Waals surface area contributed by atoms with E-state index in [1.807, 2.05) is 0 Å². The van der Waals surface area contributed by atoms with Crippen molar-refractivity contribution in [1.29, 1.82) is 0 Å². The van der Waals surface area contributed by atoms with Crippen LogP contribution in [0.5, 0.6) is 0 Å². The van der Waals surface area contributed by atoms with Gasteiger partial charge in [-0.2, -0.15) is 0 Å². The topological polar surface area (TPSA) is 29.5 Å². The Hall–Kier alpha value is -0.0800. The summed E-state index contributed by atoms with van der Waals surface area (Å²) >= 11 is 0. The average Bonchev–Trinajstić information content (AvgIpc) is 2.81. The lowest BCUT2D eigenvalue weighted by Gasteiger charge is -2.41. The molecule has 1 unspecified atom stereocenters. The molecular formula is C12H22O2. The molecule has 0 aromatic heterocycles. The molecular weight excluding hydrogens is 176 g/mol. The predicted molar refractivity (Wildman–Crippen MR) is 56.2 cm³/mol. The number of ether oxygens (including phenoxy) is 1. The van der Waals surface area contributed by atoms with Crippen molar-refractivity contribution in [3.63, 3.8) is 0 Å². The van der Waals surface area contributed by atoms with Crippen molar-refractivity contribution < 1.29 is 9.84 Å². The van der Waals surface area contributed by atoms with Crippen LogP contribution in [0.3, 0.4) is 0 Å². The van der Waals surface area contributed by atoms with Crippen molar-refractivity contribution in [2.45, 2.75) is 63.6 Å². The van der Waals surface area contributed by atoms with Crippen molar-refractivity contribution in [2.75, 3.05) is 6.61 Å². The van der Waals surface area contributed by atoms with Crippen LogP contribution in [0.4, 0.5) is 0 Å². The molecule has 0 bridgehead atoms. The summed E-state index contributed by atoms with van der Waals surface area (Å²) in [5, 5.41) is 10.4. The van der Waals surface area contributed by atoms with Gasteiger partial charge in [-0.15, -0.1) is 0 Å². The number of aliphatic hydroxyl groups is 1. The van der Waals surface area contributed by atoms with Gasteiger partial charge < -0.3 is 9.84 Å². The molecule has 1 saturated heterocycles. The van der Waals surface area contributed by atoms with Gasteiger partial charge >= 0.3 is 0 Å². The second-order valence-corrected chi connectivity index (χ2v) is 5.74. The Labute approximate surface area is 86.6 Å². The third-order valence-corrected chi connectivity index (χ3v) is 3.53. The monoisotopic (exact) mass is 198 g/mol. The summed E-state index contributed by atoms with van der Waals surface area (Å²) in [5.74, 6) is 0.921. The molecule has 1 aliphatic carbocycles. The molecule has 1 aliphatic heterocycles. The van der Waals surface area contributed by atoms with E-state index in [1.165, 1.54) is 19.3 Å². The molecule has 0 amide bonds. The van der Waals surface area contributed by atoms with Crippen LogP contribution in [0.15, 0.2) is 0 Å². The van der Waals surface area contributed by atoms with Crippen LogP contribution in [-0.4, -0.2) is 22.9 Å². The van der Waals surface area contributed by atoms with Crippen LogP contribution in [0.1, 0.15) is 52.4 Å². The van der Waals surface area contributed by atoms with Crippen LogP contribution in [0, 0.1) is 5.92 Å². The molecule has 1 atom stereocenters. The summed E-state index contributed by atoms with van der Waals surface area (Å²) in [4.78, 5) is 0. The van der Waals surface area contributed by atoms with E-state index < -0.39 is 5.60 Å².